The zero-order valence-electron chi connectivity index (χ0n) is 23.3. The van der Waals surface area contributed by atoms with Crippen molar-refractivity contribution in [3.63, 3.8) is 0 Å². The summed E-state index contributed by atoms with van der Waals surface area (Å²) in [5, 5.41) is 13.4. The predicted octanol–water partition coefficient (Wildman–Crippen LogP) is 5.25. The van der Waals surface area contributed by atoms with Crippen LogP contribution in [0.2, 0.25) is 0 Å². The van der Waals surface area contributed by atoms with Crippen molar-refractivity contribution in [2.45, 2.75) is 38.6 Å². The highest BCUT2D eigenvalue weighted by molar-refractivity contribution is 5.96. The van der Waals surface area contributed by atoms with Crippen molar-refractivity contribution < 1.29 is 18.7 Å². The van der Waals surface area contributed by atoms with E-state index in [0.717, 1.165) is 24.0 Å². The summed E-state index contributed by atoms with van der Waals surface area (Å²) in [6.07, 6.45) is 5.09. The first-order valence-corrected chi connectivity index (χ1v) is 13.2. The van der Waals surface area contributed by atoms with E-state index in [9.17, 15) is 10.1 Å². The molecule has 1 aliphatic heterocycles. The number of nitriles is 1. The molecule has 0 bridgehead atoms. The number of aromatic nitrogens is 3. The Morgan fingerprint density at radius 1 is 1.18 bits per heavy atom. The highest BCUT2D eigenvalue weighted by atomic mass is 16.5. The third-order valence-corrected chi connectivity index (χ3v) is 6.99. The maximum Gasteiger partial charge on any atom is 0.255 e. The number of hydrogen-bond donors (Lipinski definition) is 1. The van der Waals surface area contributed by atoms with Gasteiger partial charge < -0.3 is 24.1 Å². The summed E-state index contributed by atoms with van der Waals surface area (Å²) in [7, 11) is 4.89. The highest BCUT2D eigenvalue weighted by Gasteiger charge is 2.23. The van der Waals surface area contributed by atoms with Gasteiger partial charge in [0.25, 0.3) is 5.91 Å². The average molecular weight is 541 g/mol. The molecule has 0 spiro atoms. The van der Waals surface area contributed by atoms with Crippen molar-refractivity contribution in [1.82, 2.24) is 19.9 Å². The lowest BCUT2D eigenvalue weighted by Gasteiger charge is -2.24. The van der Waals surface area contributed by atoms with Crippen LogP contribution in [0.1, 0.15) is 54.2 Å². The number of ether oxygens (including phenoxy) is 2. The number of carbonyl (C=O) groups excluding carboxylic acids is 1. The Balaban J connectivity index is 1.60. The van der Waals surface area contributed by atoms with E-state index in [2.05, 4.69) is 35.2 Å². The maximum absolute atomic E-state index is 12.4. The Labute approximate surface area is 233 Å². The fourth-order valence-electron chi connectivity index (χ4n) is 4.83. The quantitative estimate of drug-likeness (QED) is 0.334. The number of rotatable bonds is 7. The first-order chi connectivity index (χ1) is 19.3. The smallest absolute Gasteiger partial charge is 0.255 e. The van der Waals surface area contributed by atoms with Gasteiger partial charge >= 0.3 is 0 Å². The van der Waals surface area contributed by atoms with E-state index >= 15 is 0 Å². The van der Waals surface area contributed by atoms with Gasteiger partial charge in [-0.3, -0.25) is 9.78 Å². The van der Waals surface area contributed by atoms with Crippen molar-refractivity contribution in [1.29, 1.82) is 5.26 Å². The van der Waals surface area contributed by atoms with Gasteiger partial charge in [0.1, 0.15) is 23.0 Å². The molecule has 4 aromatic heterocycles. The molecular weight excluding hydrogens is 508 g/mol. The van der Waals surface area contributed by atoms with E-state index in [1.165, 1.54) is 18.2 Å². The number of amides is 1. The van der Waals surface area contributed by atoms with E-state index in [1.54, 1.807) is 26.2 Å². The summed E-state index contributed by atoms with van der Waals surface area (Å²) in [6, 6.07) is 9.75. The van der Waals surface area contributed by atoms with Crippen LogP contribution in [0.15, 0.2) is 41.1 Å². The fourth-order valence-corrected chi connectivity index (χ4v) is 4.83. The van der Waals surface area contributed by atoms with Crippen molar-refractivity contribution >= 4 is 22.7 Å². The number of methoxy groups -OCH3 is 1. The third kappa shape index (κ3) is 5.20. The van der Waals surface area contributed by atoms with E-state index < -0.39 is 0 Å². The Morgan fingerprint density at radius 2 is 1.95 bits per heavy atom. The molecule has 206 valence electrons. The summed E-state index contributed by atoms with van der Waals surface area (Å²) >= 11 is 0. The molecule has 0 aliphatic carbocycles. The molecular formula is C30H32N6O4. The number of anilines is 1. The molecule has 40 heavy (non-hydrogen) atoms. The van der Waals surface area contributed by atoms with Gasteiger partial charge in [-0.15, -0.1) is 0 Å². The van der Waals surface area contributed by atoms with Crippen molar-refractivity contribution in [2.75, 3.05) is 39.7 Å². The summed E-state index contributed by atoms with van der Waals surface area (Å²) in [6.45, 7) is 5.56. The molecule has 1 N–H and O–H groups in total. The van der Waals surface area contributed by atoms with Crippen LogP contribution in [0, 0.1) is 11.3 Å². The van der Waals surface area contributed by atoms with Crippen molar-refractivity contribution in [3.05, 3.63) is 53.5 Å². The second kappa shape index (κ2) is 11.3. The Morgan fingerprint density at radius 3 is 2.62 bits per heavy atom. The molecule has 1 fully saturated rings. The zero-order chi connectivity index (χ0) is 28.4. The summed E-state index contributed by atoms with van der Waals surface area (Å²) in [5.74, 6) is 0.799. The number of carbonyl (C=O) groups is 1. The number of nitrogens with one attached hydrogen (secondary N) is 1. The molecule has 0 unspecified atom stereocenters. The van der Waals surface area contributed by atoms with Crippen molar-refractivity contribution in [3.8, 4) is 34.5 Å². The molecule has 10 nitrogen and oxygen atoms in total. The largest absolute Gasteiger partial charge is 0.494 e. The molecule has 1 aliphatic rings. The van der Waals surface area contributed by atoms with Crippen molar-refractivity contribution in [2.24, 2.45) is 0 Å². The second-order valence-corrected chi connectivity index (χ2v) is 10.3. The van der Waals surface area contributed by atoms with Crippen LogP contribution < -0.4 is 10.1 Å². The van der Waals surface area contributed by atoms with E-state index in [4.69, 9.17) is 18.9 Å². The average Bonchev–Trinajstić information content (AvgIpc) is 3.40. The Hall–Kier alpha value is -4.49. The van der Waals surface area contributed by atoms with Gasteiger partial charge in [-0.2, -0.15) is 5.26 Å². The molecule has 5 rings (SSSR count). The predicted molar refractivity (Wildman–Crippen MR) is 151 cm³/mol. The Bertz CT molecular complexity index is 1600. The van der Waals surface area contributed by atoms with Gasteiger partial charge in [-0.1, -0.05) is 13.8 Å². The molecule has 5 heterocycles. The fraction of sp³-hybridized carbons (Fsp3) is 0.367. The van der Waals surface area contributed by atoms with Gasteiger partial charge in [0.15, 0.2) is 17.0 Å². The van der Waals surface area contributed by atoms with E-state index in [1.807, 2.05) is 18.3 Å². The first kappa shape index (κ1) is 27.1. The first-order valence-electron chi connectivity index (χ1n) is 13.2. The molecule has 10 heteroatoms. The SMILES string of the molecule is COc1cc(C(=O)N(C)C)cnc1-c1cc2ncc(C(C)C)c(-c3ccc(NC4CCOCC4)c(C#N)n3)c2o1. The number of hydrogen-bond acceptors (Lipinski definition) is 9. The number of pyridine rings is 3. The van der Waals surface area contributed by atoms with Crippen LogP contribution >= 0.6 is 0 Å². The lowest BCUT2D eigenvalue weighted by atomic mass is 9.96. The number of nitrogens with zero attached hydrogens (tertiary/aromatic N) is 5. The summed E-state index contributed by atoms with van der Waals surface area (Å²) < 4.78 is 17.4. The number of furan rings is 1. The molecule has 4 aromatic rings. The van der Waals surface area contributed by atoms with E-state index in [0.29, 0.717) is 64.2 Å². The van der Waals surface area contributed by atoms with Crippen LogP contribution in [0.3, 0.4) is 0 Å². The lowest BCUT2D eigenvalue weighted by molar-refractivity contribution is 0.0826. The van der Waals surface area contributed by atoms with Crippen LogP contribution in [0.25, 0.3) is 33.8 Å². The summed E-state index contributed by atoms with van der Waals surface area (Å²) in [4.78, 5) is 27.8. The van der Waals surface area contributed by atoms with Gasteiger partial charge in [0, 0.05) is 51.8 Å². The van der Waals surface area contributed by atoms with Gasteiger partial charge in [0.05, 0.1) is 29.6 Å². The Kier molecular flexibility index (Phi) is 7.67. The van der Waals surface area contributed by atoms with E-state index in [-0.39, 0.29) is 17.9 Å². The molecule has 1 saturated heterocycles. The van der Waals surface area contributed by atoms with Crippen LogP contribution in [-0.2, 0) is 4.74 Å². The molecule has 0 saturated carbocycles. The third-order valence-electron chi connectivity index (χ3n) is 6.99. The standard InChI is InChI=1S/C30H32N6O4/c1-17(2)20-16-32-23-13-26(28-25(38-5)12-18(15-33-28)30(37)36(3)4)40-29(23)27(20)22-7-6-21(24(14-31)35-22)34-19-8-10-39-11-9-19/h6-7,12-13,15-17,19,34H,8-11H2,1-5H3. The number of fused-ring (bicyclic) bond motifs is 1. The minimum absolute atomic E-state index is 0.122. The van der Waals surface area contributed by atoms with Crippen LogP contribution in [0.4, 0.5) is 5.69 Å². The lowest BCUT2D eigenvalue weighted by Crippen LogP contribution is -2.28. The second-order valence-electron chi connectivity index (χ2n) is 10.3. The molecule has 0 radical (unpaired) electrons. The molecule has 1 amide bonds. The minimum atomic E-state index is -0.179. The van der Waals surface area contributed by atoms with Crippen LogP contribution in [0.5, 0.6) is 5.75 Å². The van der Waals surface area contributed by atoms with Gasteiger partial charge in [-0.05, 0) is 42.5 Å². The normalized spacial score (nSPS) is 13.8. The summed E-state index contributed by atoms with van der Waals surface area (Å²) in [5.41, 5.74) is 5.39. The monoisotopic (exact) mass is 540 g/mol. The topological polar surface area (TPSA) is 126 Å². The minimum Gasteiger partial charge on any atom is -0.494 e. The maximum atomic E-state index is 12.4. The molecule has 0 atom stereocenters. The van der Waals surface area contributed by atoms with Gasteiger partial charge in [0.2, 0.25) is 0 Å². The zero-order valence-corrected chi connectivity index (χ0v) is 23.3. The molecule has 0 aromatic carbocycles. The van der Waals surface area contributed by atoms with Crippen LogP contribution in [-0.4, -0.2) is 66.2 Å². The highest BCUT2D eigenvalue weighted by Crippen LogP contribution is 2.40. The van der Waals surface area contributed by atoms with Gasteiger partial charge in [-0.25, -0.2) is 9.97 Å².